The molecular weight excluding hydrogens is 382 g/mol. The summed E-state index contributed by atoms with van der Waals surface area (Å²) in [6.45, 7) is 2.91. The number of benzene rings is 2. The van der Waals surface area contributed by atoms with E-state index in [-0.39, 0.29) is 24.9 Å². The lowest BCUT2D eigenvalue weighted by molar-refractivity contribution is -0.124. The van der Waals surface area contributed by atoms with E-state index in [0.29, 0.717) is 12.2 Å². The van der Waals surface area contributed by atoms with Gasteiger partial charge in [-0.05, 0) is 53.2 Å². The number of nitrogens with one attached hydrogen (secondary N) is 2. The van der Waals surface area contributed by atoms with Gasteiger partial charge in [-0.25, -0.2) is 0 Å². The molecule has 2 amide bonds. The third-order valence-electron chi connectivity index (χ3n) is 3.71. The molecule has 6 heteroatoms. The quantitative estimate of drug-likeness (QED) is 0.746. The van der Waals surface area contributed by atoms with Crippen LogP contribution in [0.2, 0.25) is 0 Å². The Morgan fingerprint density at radius 2 is 1.72 bits per heavy atom. The van der Waals surface area contributed by atoms with Crippen LogP contribution in [0.15, 0.2) is 53.0 Å². The highest BCUT2D eigenvalue weighted by molar-refractivity contribution is 9.10. The molecule has 0 spiro atoms. The Morgan fingerprint density at radius 1 is 1.04 bits per heavy atom. The predicted molar refractivity (Wildman–Crippen MR) is 103 cm³/mol. The number of carbonyl (C=O) groups is 2. The molecule has 0 atom stereocenters. The largest absolute Gasteiger partial charge is 0.346 e. The highest BCUT2D eigenvalue weighted by Crippen LogP contribution is 2.20. The van der Waals surface area contributed by atoms with Crippen molar-refractivity contribution in [1.29, 1.82) is 0 Å². The van der Waals surface area contributed by atoms with E-state index in [2.05, 4.69) is 45.6 Å². The first-order valence-electron chi connectivity index (χ1n) is 8.00. The van der Waals surface area contributed by atoms with Crippen LogP contribution in [-0.2, 0) is 16.1 Å². The van der Waals surface area contributed by atoms with E-state index < -0.39 is 0 Å². The number of anilines is 1. The smallest absolute Gasteiger partial charge is 0.243 e. The third-order valence-corrected chi connectivity index (χ3v) is 4.40. The van der Waals surface area contributed by atoms with Crippen LogP contribution in [-0.4, -0.2) is 36.9 Å². The first-order valence-corrected chi connectivity index (χ1v) is 8.79. The number of hydrogen-bond donors (Lipinski definition) is 2. The maximum atomic E-state index is 12.0. The number of rotatable bonds is 7. The summed E-state index contributed by atoms with van der Waals surface area (Å²) in [5, 5.41) is 5.40. The van der Waals surface area contributed by atoms with E-state index in [1.807, 2.05) is 42.3 Å². The molecular formula is C19H22BrN3O2. The number of halogens is 1. The lowest BCUT2D eigenvalue weighted by Crippen LogP contribution is -2.39. The highest BCUT2D eigenvalue weighted by atomic mass is 79.9. The van der Waals surface area contributed by atoms with Gasteiger partial charge in [-0.15, -0.1) is 0 Å². The van der Waals surface area contributed by atoms with Crippen molar-refractivity contribution in [2.24, 2.45) is 0 Å². The molecule has 0 aromatic heterocycles. The van der Waals surface area contributed by atoms with Gasteiger partial charge in [0, 0.05) is 11.0 Å². The van der Waals surface area contributed by atoms with E-state index in [0.717, 1.165) is 4.47 Å². The fraction of sp³-hybridized carbons (Fsp3) is 0.263. The fourth-order valence-electron chi connectivity index (χ4n) is 2.37. The minimum Gasteiger partial charge on any atom is -0.346 e. The van der Waals surface area contributed by atoms with Crippen LogP contribution in [0.5, 0.6) is 0 Å². The number of nitrogens with zero attached hydrogens (tertiary/aromatic N) is 1. The maximum Gasteiger partial charge on any atom is 0.243 e. The number of aryl methyl sites for hydroxylation is 1. The van der Waals surface area contributed by atoms with Crippen LogP contribution in [0, 0.1) is 6.92 Å². The monoisotopic (exact) mass is 403 g/mol. The number of amides is 2. The number of hydrogen-bond acceptors (Lipinski definition) is 3. The average Bonchev–Trinajstić information content (AvgIpc) is 2.57. The van der Waals surface area contributed by atoms with Crippen molar-refractivity contribution in [1.82, 2.24) is 10.2 Å². The fourth-order valence-corrected chi connectivity index (χ4v) is 2.75. The molecule has 0 aliphatic carbocycles. The van der Waals surface area contributed by atoms with Gasteiger partial charge in [-0.1, -0.05) is 36.4 Å². The van der Waals surface area contributed by atoms with E-state index >= 15 is 0 Å². The van der Waals surface area contributed by atoms with Crippen molar-refractivity contribution in [3.8, 4) is 0 Å². The average molecular weight is 404 g/mol. The molecule has 132 valence electrons. The topological polar surface area (TPSA) is 61.4 Å². The van der Waals surface area contributed by atoms with Crippen molar-refractivity contribution in [2.75, 3.05) is 25.5 Å². The Bertz CT molecular complexity index is 749. The van der Waals surface area contributed by atoms with Crippen LogP contribution < -0.4 is 10.6 Å². The van der Waals surface area contributed by atoms with Crippen LogP contribution in [0.3, 0.4) is 0 Å². The molecule has 0 fully saturated rings. The van der Waals surface area contributed by atoms with Gasteiger partial charge in [0.25, 0.3) is 0 Å². The molecule has 0 saturated carbocycles. The van der Waals surface area contributed by atoms with Crippen LogP contribution in [0.4, 0.5) is 5.69 Å². The van der Waals surface area contributed by atoms with Crippen LogP contribution in [0.25, 0.3) is 0 Å². The summed E-state index contributed by atoms with van der Waals surface area (Å²) in [6.07, 6.45) is 0. The zero-order valence-corrected chi connectivity index (χ0v) is 16.0. The summed E-state index contributed by atoms with van der Waals surface area (Å²) in [5.74, 6) is -0.444. The normalized spacial score (nSPS) is 10.6. The Morgan fingerprint density at radius 3 is 2.44 bits per heavy atom. The number of para-hydroxylation sites is 1. The molecule has 2 N–H and O–H groups in total. The molecule has 2 rings (SSSR count). The van der Waals surface area contributed by atoms with Crippen LogP contribution >= 0.6 is 15.9 Å². The Kier molecular flexibility index (Phi) is 7.16. The summed E-state index contributed by atoms with van der Waals surface area (Å²) >= 11 is 3.37. The standard InChI is InChI=1S/C19H22BrN3O2/c1-14-7-3-4-8-15(14)12-23(2)13-19(25)21-11-18(24)22-17-10-6-5-9-16(17)20/h3-10H,11-13H2,1-2H3,(H,21,25)(H,22,24). The minimum atomic E-state index is -0.262. The minimum absolute atomic E-state index is 0.0572. The third kappa shape index (κ3) is 6.32. The molecule has 0 unspecified atom stereocenters. The SMILES string of the molecule is Cc1ccccc1CN(C)CC(=O)NCC(=O)Nc1ccccc1Br. The second-order valence-electron chi connectivity index (χ2n) is 5.90. The van der Waals surface area contributed by atoms with Gasteiger partial charge in [0.15, 0.2) is 0 Å². The van der Waals surface area contributed by atoms with Crippen molar-refractivity contribution in [3.63, 3.8) is 0 Å². The van der Waals surface area contributed by atoms with E-state index in [9.17, 15) is 9.59 Å². The predicted octanol–water partition coefficient (Wildman–Crippen LogP) is 2.94. The van der Waals surface area contributed by atoms with E-state index in [1.165, 1.54) is 11.1 Å². The van der Waals surface area contributed by atoms with Gasteiger partial charge in [0.1, 0.15) is 0 Å². The zero-order chi connectivity index (χ0) is 18.2. The summed E-state index contributed by atoms with van der Waals surface area (Å²) in [5.41, 5.74) is 3.06. The molecule has 0 aliphatic heterocycles. The lowest BCUT2D eigenvalue weighted by Gasteiger charge is -2.17. The summed E-state index contributed by atoms with van der Waals surface area (Å²) in [7, 11) is 1.88. The first kappa shape index (κ1) is 19.1. The molecule has 0 radical (unpaired) electrons. The molecule has 5 nitrogen and oxygen atoms in total. The second-order valence-corrected chi connectivity index (χ2v) is 6.76. The molecule has 0 aliphatic rings. The second kappa shape index (κ2) is 9.34. The van der Waals surface area contributed by atoms with Gasteiger partial charge >= 0.3 is 0 Å². The first-order chi connectivity index (χ1) is 12.0. The maximum absolute atomic E-state index is 12.0. The van der Waals surface area contributed by atoms with Crippen molar-refractivity contribution >= 4 is 33.4 Å². The van der Waals surface area contributed by atoms with Crippen molar-refractivity contribution in [2.45, 2.75) is 13.5 Å². The number of likely N-dealkylation sites (N-methyl/N-ethyl adjacent to an activating group) is 1. The summed E-state index contributed by atoms with van der Waals surface area (Å²) < 4.78 is 0.799. The van der Waals surface area contributed by atoms with Crippen molar-refractivity contribution in [3.05, 3.63) is 64.1 Å². The highest BCUT2D eigenvalue weighted by Gasteiger charge is 2.10. The van der Waals surface area contributed by atoms with Gasteiger partial charge in [0.05, 0.1) is 18.8 Å². The van der Waals surface area contributed by atoms with Gasteiger partial charge in [-0.3, -0.25) is 14.5 Å². The zero-order valence-electron chi connectivity index (χ0n) is 14.4. The molecule has 0 saturated heterocycles. The van der Waals surface area contributed by atoms with E-state index in [1.54, 1.807) is 6.07 Å². The molecule has 0 heterocycles. The summed E-state index contributed by atoms with van der Waals surface area (Å²) in [4.78, 5) is 25.9. The Balaban J connectivity index is 1.75. The van der Waals surface area contributed by atoms with Gasteiger partial charge < -0.3 is 10.6 Å². The Hall–Kier alpha value is -2.18. The molecule has 0 bridgehead atoms. The Labute approximate surface area is 156 Å². The van der Waals surface area contributed by atoms with Gasteiger partial charge in [0.2, 0.25) is 11.8 Å². The van der Waals surface area contributed by atoms with Crippen LogP contribution in [0.1, 0.15) is 11.1 Å². The summed E-state index contributed by atoms with van der Waals surface area (Å²) in [6, 6.07) is 15.4. The van der Waals surface area contributed by atoms with E-state index in [4.69, 9.17) is 0 Å². The number of carbonyl (C=O) groups excluding carboxylic acids is 2. The molecule has 2 aromatic carbocycles. The van der Waals surface area contributed by atoms with Gasteiger partial charge in [-0.2, -0.15) is 0 Å². The lowest BCUT2D eigenvalue weighted by atomic mass is 10.1. The molecule has 2 aromatic rings. The van der Waals surface area contributed by atoms with Crippen molar-refractivity contribution < 1.29 is 9.59 Å². The molecule has 25 heavy (non-hydrogen) atoms.